The van der Waals surface area contributed by atoms with Crippen LogP contribution in [0.25, 0.3) is 0 Å². The molecule has 2 unspecified atom stereocenters. The second-order valence-electron chi connectivity index (χ2n) is 5.42. The van der Waals surface area contributed by atoms with Crippen LogP contribution in [0.1, 0.15) is 37.1 Å². The van der Waals surface area contributed by atoms with Gasteiger partial charge >= 0.3 is 0 Å². The molecule has 0 amide bonds. The van der Waals surface area contributed by atoms with Gasteiger partial charge in [0.15, 0.2) is 0 Å². The predicted molar refractivity (Wildman–Crippen MR) is 120 cm³/mol. The van der Waals surface area contributed by atoms with Crippen molar-refractivity contribution in [1.82, 2.24) is 10.6 Å². The highest BCUT2D eigenvalue weighted by atomic mass is 35.5. The highest BCUT2D eigenvalue weighted by Gasteiger charge is 2.24. The maximum atomic E-state index is 6.21. The summed E-state index contributed by atoms with van der Waals surface area (Å²) in [5.74, 6) is 0. The van der Waals surface area contributed by atoms with E-state index in [9.17, 15) is 0 Å². The van der Waals surface area contributed by atoms with E-state index in [1.165, 1.54) is 0 Å². The molecule has 146 valence electrons. The lowest BCUT2D eigenvalue weighted by molar-refractivity contribution is 0.398. The van der Waals surface area contributed by atoms with Crippen LogP contribution < -0.4 is 10.6 Å². The van der Waals surface area contributed by atoms with Crippen molar-refractivity contribution < 1.29 is 0 Å². The lowest BCUT2D eigenvalue weighted by Crippen LogP contribution is -2.35. The Morgan fingerprint density at radius 2 is 1.00 bits per heavy atom. The molecule has 26 heavy (non-hydrogen) atoms. The molecule has 0 heterocycles. The third-order valence-corrected chi connectivity index (χ3v) is 5.27. The summed E-state index contributed by atoms with van der Waals surface area (Å²) in [6.07, 6.45) is 0. The number of hydrogen-bond acceptors (Lipinski definition) is 2. The van der Waals surface area contributed by atoms with Gasteiger partial charge in [-0.1, -0.05) is 72.4 Å². The van der Waals surface area contributed by atoms with Crippen LogP contribution in [0, 0.1) is 0 Å². The Balaban J connectivity index is 0.00000312. The van der Waals surface area contributed by atoms with Crippen molar-refractivity contribution in [2.75, 3.05) is 13.1 Å². The van der Waals surface area contributed by atoms with E-state index in [-0.39, 0.29) is 36.9 Å². The minimum atomic E-state index is 0. The fourth-order valence-electron chi connectivity index (χ4n) is 2.71. The van der Waals surface area contributed by atoms with Crippen molar-refractivity contribution in [2.24, 2.45) is 0 Å². The molecule has 0 fully saturated rings. The third-order valence-electron chi connectivity index (χ3n) is 3.79. The van der Waals surface area contributed by atoms with Gasteiger partial charge in [0.1, 0.15) is 0 Å². The number of rotatable bonds is 7. The van der Waals surface area contributed by atoms with Crippen molar-refractivity contribution >= 4 is 71.2 Å². The Morgan fingerprint density at radius 3 is 1.27 bits per heavy atom. The average Bonchev–Trinajstić information content (AvgIpc) is 2.56. The maximum absolute atomic E-state index is 6.21. The molecule has 0 spiro atoms. The van der Waals surface area contributed by atoms with Crippen LogP contribution in [-0.4, -0.2) is 13.1 Å². The third kappa shape index (κ3) is 6.61. The van der Waals surface area contributed by atoms with Gasteiger partial charge in [-0.15, -0.1) is 24.8 Å². The minimum Gasteiger partial charge on any atom is -0.309 e. The maximum Gasteiger partial charge on any atom is 0.0595 e. The van der Waals surface area contributed by atoms with Crippen LogP contribution in [0.2, 0.25) is 20.1 Å². The Kier molecular flexibility index (Phi) is 12.6. The zero-order valence-corrected chi connectivity index (χ0v) is 19.0. The van der Waals surface area contributed by atoms with Crippen molar-refractivity contribution in [2.45, 2.75) is 25.9 Å². The predicted octanol–water partition coefficient (Wildman–Crippen LogP) is 7.15. The van der Waals surface area contributed by atoms with Crippen LogP contribution in [0.5, 0.6) is 0 Å². The van der Waals surface area contributed by atoms with Gasteiger partial charge in [-0.05, 0) is 48.5 Å². The first-order valence-electron chi connectivity index (χ1n) is 7.84. The number of likely N-dealkylation sites (N-methyl/N-ethyl adjacent to an activating group) is 2. The molecule has 0 aliphatic heterocycles. The average molecular weight is 479 g/mol. The summed E-state index contributed by atoms with van der Waals surface area (Å²) in [6, 6.07) is 11.5. The topological polar surface area (TPSA) is 24.1 Å². The summed E-state index contributed by atoms with van der Waals surface area (Å²) >= 11 is 24.5. The van der Waals surface area contributed by atoms with Gasteiger partial charge in [0.25, 0.3) is 0 Å². The summed E-state index contributed by atoms with van der Waals surface area (Å²) in [4.78, 5) is 0. The normalized spacial score (nSPS) is 12.7. The first-order chi connectivity index (χ1) is 11.5. The van der Waals surface area contributed by atoms with Gasteiger partial charge in [-0.3, -0.25) is 0 Å². The van der Waals surface area contributed by atoms with E-state index >= 15 is 0 Å². The van der Waals surface area contributed by atoms with E-state index in [0.29, 0.717) is 20.1 Å². The molecule has 2 rings (SSSR count). The summed E-state index contributed by atoms with van der Waals surface area (Å²) in [6.45, 7) is 5.77. The first kappa shape index (κ1) is 26.1. The molecule has 2 N–H and O–H groups in total. The zero-order valence-electron chi connectivity index (χ0n) is 14.4. The van der Waals surface area contributed by atoms with Crippen LogP contribution in [0.15, 0.2) is 36.4 Å². The molecule has 2 atom stereocenters. The standard InChI is InChI=1S/C18H20Cl4N2.2ClH/c1-3-23-17(11-5-7-13(19)15(21)9-11)18(24-4-2)12-6-8-14(20)16(22)10-12;;/h5-10,17-18,23-24H,3-4H2,1-2H3;2*1H. The smallest absolute Gasteiger partial charge is 0.0595 e. The van der Waals surface area contributed by atoms with Crippen LogP contribution >= 0.6 is 71.2 Å². The highest BCUT2D eigenvalue weighted by molar-refractivity contribution is 6.42. The number of halogens is 6. The molecular weight excluding hydrogens is 457 g/mol. The van der Waals surface area contributed by atoms with E-state index in [1.807, 2.05) is 36.4 Å². The van der Waals surface area contributed by atoms with Gasteiger partial charge in [-0.2, -0.15) is 0 Å². The van der Waals surface area contributed by atoms with Crippen molar-refractivity contribution in [3.63, 3.8) is 0 Å². The second kappa shape index (κ2) is 12.5. The van der Waals surface area contributed by atoms with Gasteiger partial charge in [0.05, 0.1) is 32.2 Å². The molecule has 8 heteroatoms. The number of hydrogen-bond donors (Lipinski definition) is 2. The fourth-order valence-corrected chi connectivity index (χ4v) is 3.32. The summed E-state index contributed by atoms with van der Waals surface area (Å²) in [7, 11) is 0. The summed E-state index contributed by atoms with van der Waals surface area (Å²) in [5, 5.41) is 9.22. The molecule has 0 saturated heterocycles. The van der Waals surface area contributed by atoms with Gasteiger partial charge in [-0.25, -0.2) is 0 Å². The first-order valence-corrected chi connectivity index (χ1v) is 9.35. The van der Waals surface area contributed by atoms with Crippen LogP contribution in [-0.2, 0) is 0 Å². The molecule has 0 aromatic heterocycles. The van der Waals surface area contributed by atoms with Gasteiger partial charge in [0, 0.05) is 0 Å². The second-order valence-corrected chi connectivity index (χ2v) is 7.05. The van der Waals surface area contributed by atoms with Crippen LogP contribution in [0.4, 0.5) is 0 Å². The van der Waals surface area contributed by atoms with Crippen LogP contribution in [0.3, 0.4) is 0 Å². The molecule has 0 saturated carbocycles. The SMILES string of the molecule is CCNC(c1ccc(Cl)c(Cl)c1)C(NCC)c1ccc(Cl)c(Cl)c1.Cl.Cl. The molecule has 2 aromatic carbocycles. The molecular formula is C18H22Cl6N2. The van der Waals surface area contributed by atoms with E-state index in [1.54, 1.807) is 0 Å². The lowest BCUT2D eigenvalue weighted by atomic mass is 9.93. The summed E-state index contributed by atoms with van der Waals surface area (Å²) < 4.78 is 0. The number of nitrogens with one attached hydrogen (secondary N) is 2. The molecule has 0 aliphatic carbocycles. The largest absolute Gasteiger partial charge is 0.309 e. The van der Waals surface area contributed by atoms with Crippen molar-refractivity contribution in [3.8, 4) is 0 Å². The van der Waals surface area contributed by atoms with Crippen molar-refractivity contribution in [3.05, 3.63) is 67.6 Å². The monoisotopic (exact) mass is 476 g/mol. The van der Waals surface area contributed by atoms with E-state index < -0.39 is 0 Å². The van der Waals surface area contributed by atoms with E-state index in [2.05, 4.69) is 24.5 Å². The fraction of sp³-hybridized carbons (Fsp3) is 0.333. The van der Waals surface area contributed by atoms with E-state index in [4.69, 9.17) is 46.4 Å². The minimum absolute atomic E-state index is 0. The van der Waals surface area contributed by atoms with Gasteiger partial charge < -0.3 is 10.6 Å². The lowest BCUT2D eigenvalue weighted by Gasteiger charge is -2.30. The number of benzene rings is 2. The Bertz CT molecular complexity index is 636. The Hall–Kier alpha value is 0.1000. The summed E-state index contributed by atoms with van der Waals surface area (Å²) in [5.41, 5.74) is 2.12. The highest BCUT2D eigenvalue weighted by Crippen LogP contribution is 2.34. The molecule has 2 nitrogen and oxygen atoms in total. The quantitative estimate of drug-likeness (QED) is 0.441. The van der Waals surface area contributed by atoms with E-state index in [0.717, 1.165) is 24.2 Å². The molecule has 2 aromatic rings. The van der Waals surface area contributed by atoms with Crippen molar-refractivity contribution in [1.29, 1.82) is 0 Å². The molecule has 0 aliphatic rings. The molecule has 0 radical (unpaired) electrons. The van der Waals surface area contributed by atoms with Gasteiger partial charge in [0.2, 0.25) is 0 Å². The Morgan fingerprint density at radius 1 is 0.654 bits per heavy atom. The zero-order chi connectivity index (χ0) is 17.7. The Labute approximate surface area is 187 Å². The molecule has 0 bridgehead atoms.